The van der Waals surface area contributed by atoms with E-state index in [4.69, 9.17) is 9.73 Å². The number of aliphatic imine (C=N–C) groups is 1. The number of hydrogen-bond donors (Lipinski definition) is 2. The molecule has 1 atom stereocenters. The fourth-order valence-corrected chi connectivity index (χ4v) is 4.31. The molecule has 1 unspecified atom stereocenters. The van der Waals surface area contributed by atoms with Crippen molar-refractivity contribution in [2.75, 3.05) is 53.0 Å². The van der Waals surface area contributed by atoms with Crippen LogP contribution in [0.1, 0.15) is 58.8 Å². The minimum absolute atomic E-state index is 0. The van der Waals surface area contributed by atoms with Gasteiger partial charge in [0.1, 0.15) is 0 Å². The smallest absolute Gasteiger partial charge is 0.191 e. The lowest BCUT2D eigenvalue weighted by Crippen LogP contribution is -2.44. The second-order valence-electron chi connectivity index (χ2n) is 8.00. The van der Waals surface area contributed by atoms with E-state index in [0.29, 0.717) is 5.41 Å². The standard InChI is InChI=1S/C20H40N4O.HI/c1-4-21-19(22-15-18-9-8-13-24(3)16-18)23-17-20(10-6-7-11-20)12-14-25-5-2;/h18H,4-17H2,1-3H3,(H2,21,22,23);1H. The Morgan fingerprint density at radius 1 is 1.19 bits per heavy atom. The molecule has 1 aliphatic carbocycles. The molecule has 0 radical (unpaired) electrons. The molecule has 1 heterocycles. The van der Waals surface area contributed by atoms with Crippen molar-refractivity contribution in [1.29, 1.82) is 0 Å². The van der Waals surface area contributed by atoms with Crippen LogP contribution < -0.4 is 10.6 Å². The average Bonchev–Trinajstić information content (AvgIpc) is 3.07. The van der Waals surface area contributed by atoms with Crippen LogP contribution in [0.15, 0.2) is 4.99 Å². The van der Waals surface area contributed by atoms with Gasteiger partial charge in [-0.3, -0.25) is 4.99 Å². The van der Waals surface area contributed by atoms with Crippen molar-refractivity contribution in [3.05, 3.63) is 0 Å². The maximum absolute atomic E-state index is 5.63. The van der Waals surface area contributed by atoms with Crippen LogP contribution in [0.4, 0.5) is 0 Å². The van der Waals surface area contributed by atoms with Crippen LogP contribution in [0, 0.1) is 11.3 Å². The lowest BCUT2D eigenvalue weighted by atomic mass is 9.83. The van der Waals surface area contributed by atoms with Gasteiger partial charge in [0, 0.05) is 39.4 Å². The number of halogens is 1. The van der Waals surface area contributed by atoms with Crippen molar-refractivity contribution < 1.29 is 4.74 Å². The first-order valence-corrected chi connectivity index (χ1v) is 10.5. The predicted octanol–water partition coefficient (Wildman–Crippen LogP) is 3.49. The molecule has 2 rings (SSSR count). The van der Waals surface area contributed by atoms with Gasteiger partial charge in [-0.1, -0.05) is 12.8 Å². The highest BCUT2D eigenvalue weighted by Crippen LogP contribution is 2.41. The van der Waals surface area contributed by atoms with E-state index in [1.165, 1.54) is 51.6 Å². The average molecular weight is 480 g/mol. The maximum Gasteiger partial charge on any atom is 0.191 e. The highest BCUT2D eigenvalue weighted by molar-refractivity contribution is 14.0. The number of rotatable bonds is 9. The summed E-state index contributed by atoms with van der Waals surface area (Å²) < 4.78 is 5.63. The molecule has 0 amide bonds. The minimum Gasteiger partial charge on any atom is -0.382 e. The van der Waals surface area contributed by atoms with Gasteiger partial charge in [0.15, 0.2) is 5.96 Å². The minimum atomic E-state index is 0. The van der Waals surface area contributed by atoms with Crippen molar-refractivity contribution in [2.45, 2.75) is 58.8 Å². The number of ether oxygens (including phenoxy) is 1. The van der Waals surface area contributed by atoms with E-state index < -0.39 is 0 Å². The molecule has 1 aliphatic heterocycles. The summed E-state index contributed by atoms with van der Waals surface area (Å²) in [5.74, 6) is 1.74. The van der Waals surface area contributed by atoms with E-state index >= 15 is 0 Å². The third-order valence-corrected chi connectivity index (χ3v) is 5.84. The summed E-state index contributed by atoms with van der Waals surface area (Å²) in [5.41, 5.74) is 0.364. The van der Waals surface area contributed by atoms with Crippen LogP contribution in [0.2, 0.25) is 0 Å². The van der Waals surface area contributed by atoms with Crippen molar-refractivity contribution in [3.8, 4) is 0 Å². The number of nitrogens with zero attached hydrogens (tertiary/aromatic N) is 2. The summed E-state index contributed by atoms with van der Waals surface area (Å²) in [6, 6.07) is 0. The van der Waals surface area contributed by atoms with E-state index in [1.54, 1.807) is 0 Å². The number of guanidine groups is 1. The Kier molecular flexibility index (Phi) is 12.1. The SMILES string of the molecule is CCNC(=NCC1(CCOCC)CCCC1)NCC1CCCN(C)C1.I. The Morgan fingerprint density at radius 3 is 2.62 bits per heavy atom. The Bertz CT molecular complexity index is 399. The molecule has 1 saturated carbocycles. The monoisotopic (exact) mass is 480 g/mol. The van der Waals surface area contributed by atoms with E-state index in [2.05, 4.69) is 36.4 Å². The molecule has 2 aliphatic rings. The van der Waals surface area contributed by atoms with Crippen LogP contribution in [-0.2, 0) is 4.74 Å². The number of hydrogen-bond acceptors (Lipinski definition) is 3. The number of nitrogens with one attached hydrogen (secondary N) is 2. The highest BCUT2D eigenvalue weighted by atomic mass is 127. The van der Waals surface area contributed by atoms with Gasteiger partial charge < -0.3 is 20.3 Å². The van der Waals surface area contributed by atoms with Crippen LogP contribution in [0.3, 0.4) is 0 Å². The predicted molar refractivity (Wildman–Crippen MR) is 122 cm³/mol. The number of likely N-dealkylation sites (tertiary alicyclic amines) is 1. The zero-order chi connectivity index (χ0) is 18.0. The van der Waals surface area contributed by atoms with E-state index in [0.717, 1.165) is 51.1 Å². The van der Waals surface area contributed by atoms with E-state index in [9.17, 15) is 0 Å². The molecule has 26 heavy (non-hydrogen) atoms. The van der Waals surface area contributed by atoms with Gasteiger partial charge in [-0.25, -0.2) is 0 Å². The molecule has 1 saturated heterocycles. The Hall–Kier alpha value is -0.0800. The first-order valence-electron chi connectivity index (χ1n) is 10.5. The summed E-state index contributed by atoms with van der Waals surface area (Å²) in [5, 5.41) is 7.04. The normalized spacial score (nSPS) is 23.5. The van der Waals surface area contributed by atoms with Crippen molar-refractivity contribution >= 4 is 29.9 Å². The van der Waals surface area contributed by atoms with Crippen LogP contribution >= 0.6 is 24.0 Å². The van der Waals surface area contributed by atoms with Gasteiger partial charge >= 0.3 is 0 Å². The number of piperidine rings is 1. The molecule has 0 bridgehead atoms. The molecule has 0 aromatic carbocycles. The fraction of sp³-hybridized carbons (Fsp3) is 0.950. The van der Waals surface area contributed by atoms with Crippen molar-refractivity contribution in [3.63, 3.8) is 0 Å². The van der Waals surface area contributed by atoms with Crippen LogP contribution in [0.5, 0.6) is 0 Å². The first-order chi connectivity index (χ1) is 12.2. The Labute approximate surface area is 178 Å². The fourth-order valence-electron chi connectivity index (χ4n) is 4.31. The van der Waals surface area contributed by atoms with Gasteiger partial charge in [0.25, 0.3) is 0 Å². The van der Waals surface area contributed by atoms with Gasteiger partial charge in [0.2, 0.25) is 0 Å². The third kappa shape index (κ3) is 8.30. The molecule has 5 nitrogen and oxygen atoms in total. The van der Waals surface area contributed by atoms with Crippen molar-refractivity contribution in [1.82, 2.24) is 15.5 Å². The Morgan fingerprint density at radius 2 is 1.96 bits per heavy atom. The molecular weight excluding hydrogens is 439 g/mol. The zero-order valence-corrected chi connectivity index (χ0v) is 19.5. The second-order valence-corrected chi connectivity index (χ2v) is 8.00. The molecule has 154 valence electrons. The zero-order valence-electron chi connectivity index (χ0n) is 17.2. The second kappa shape index (κ2) is 13.2. The summed E-state index contributed by atoms with van der Waals surface area (Å²) >= 11 is 0. The molecule has 2 N–H and O–H groups in total. The lowest BCUT2D eigenvalue weighted by Gasteiger charge is -2.30. The molecule has 2 fully saturated rings. The topological polar surface area (TPSA) is 48.9 Å². The first kappa shape index (κ1) is 24.0. The summed E-state index contributed by atoms with van der Waals surface area (Å²) in [6.07, 6.45) is 9.09. The van der Waals surface area contributed by atoms with Gasteiger partial charge in [-0.15, -0.1) is 24.0 Å². The van der Waals surface area contributed by atoms with Gasteiger partial charge in [-0.2, -0.15) is 0 Å². The summed E-state index contributed by atoms with van der Waals surface area (Å²) in [6.45, 7) is 11.2. The molecule has 6 heteroatoms. The molecule has 0 aromatic rings. The van der Waals surface area contributed by atoms with Crippen LogP contribution in [0.25, 0.3) is 0 Å². The summed E-state index contributed by atoms with van der Waals surface area (Å²) in [7, 11) is 2.23. The van der Waals surface area contributed by atoms with E-state index in [1.807, 2.05) is 0 Å². The molecule has 0 spiro atoms. The maximum atomic E-state index is 5.63. The largest absolute Gasteiger partial charge is 0.382 e. The highest BCUT2D eigenvalue weighted by Gasteiger charge is 2.33. The van der Waals surface area contributed by atoms with Crippen molar-refractivity contribution in [2.24, 2.45) is 16.3 Å². The lowest BCUT2D eigenvalue weighted by molar-refractivity contribution is 0.107. The van der Waals surface area contributed by atoms with Gasteiger partial charge in [0.05, 0.1) is 0 Å². The quantitative estimate of drug-likeness (QED) is 0.230. The Balaban J connectivity index is 0.00000338. The molecule has 0 aromatic heterocycles. The van der Waals surface area contributed by atoms with Gasteiger partial charge in [-0.05, 0) is 70.9 Å². The molecular formula is C20H41IN4O. The third-order valence-electron chi connectivity index (χ3n) is 5.84. The summed E-state index contributed by atoms with van der Waals surface area (Å²) in [4.78, 5) is 7.42. The van der Waals surface area contributed by atoms with Crippen LogP contribution in [-0.4, -0.2) is 63.8 Å². The van der Waals surface area contributed by atoms with E-state index in [-0.39, 0.29) is 24.0 Å².